The molecular formula is C21H21FN2O7S. The molecule has 1 unspecified atom stereocenters. The summed E-state index contributed by atoms with van der Waals surface area (Å²) in [6, 6.07) is 7.00. The van der Waals surface area contributed by atoms with Crippen LogP contribution in [0, 0.1) is 21.8 Å². The van der Waals surface area contributed by atoms with Crippen molar-refractivity contribution in [2.24, 2.45) is 5.92 Å². The van der Waals surface area contributed by atoms with Gasteiger partial charge in [0.2, 0.25) is 9.84 Å². The predicted octanol–water partition coefficient (Wildman–Crippen LogP) is 2.98. The molecule has 2 aromatic carbocycles. The van der Waals surface area contributed by atoms with Gasteiger partial charge in [0.15, 0.2) is 0 Å². The molecule has 1 amide bonds. The molecule has 1 aliphatic rings. The SMILES string of the molecule is CCOC(=O)C1CCCN(C(=O)c2ccc(S(=O)(=O)c3ccc(F)cc3)c([N+](=O)[O-])c2)C1. The molecule has 0 aliphatic carbocycles. The molecule has 0 saturated carbocycles. The van der Waals surface area contributed by atoms with Gasteiger partial charge in [0.05, 0.1) is 22.3 Å². The van der Waals surface area contributed by atoms with Gasteiger partial charge in [0.25, 0.3) is 11.6 Å². The van der Waals surface area contributed by atoms with E-state index in [-0.39, 0.29) is 23.6 Å². The molecular weight excluding hydrogens is 443 g/mol. The van der Waals surface area contributed by atoms with Crippen molar-refractivity contribution in [2.75, 3.05) is 19.7 Å². The Labute approximate surface area is 183 Å². The summed E-state index contributed by atoms with van der Waals surface area (Å²) in [6.07, 6.45) is 1.13. The van der Waals surface area contributed by atoms with Gasteiger partial charge in [-0.2, -0.15) is 0 Å². The van der Waals surface area contributed by atoms with Crippen LogP contribution in [0.4, 0.5) is 10.1 Å². The summed E-state index contributed by atoms with van der Waals surface area (Å²) in [5.74, 6) is -2.09. The molecule has 1 heterocycles. The lowest BCUT2D eigenvalue weighted by Crippen LogP contribution is -2.42. The number of carbonyl (C=O) groups excluding carboxylic acids is 2. The molecule has 3 rings (SSSR count). The molecule has 2 aromatic rings. The molecule has 1 atom stereocenters. The molecule has 11 heteroatoms. The Bertz CT molecular complexity index is 1150. The van der Waals surface area contributed by atoms with Gasteiger partial charge in [-0.1, -0.05) is 0 Å². The molecule has 9 nitrogen and oxygen atoms in total. The number of esters is 1. The van der Waals surface area contributed by atoms with Crippen molar-refractivity contribution < 1.29 is 32.1 Å². The zero-order valence-electron chi connectivity index (χ0n) is 17.2. The van der Waals surface area contributed by atoms with Crippen molar-refractivity contribution in [1.29, 1.82) is 0 Å². The van der Waals surface area contributed by atoms with E-state index in [1.807, 2.05) is 0 Å². The second-order valence-corrected chi connectivity index (χ2v) is 9.16. The van der Waals surface area contributed by atoms with Crippen LogP contribution in [-0.4, -0.2) is 49.8 Å². The van der Waals surface area contributed by atoms with Crippen molar-refractivity contribution >= 4 is 27.4 Å². The van der Waals surface area contributed by atoms with E-state index in [4.69, 9.17) is 4.74 Å². The largest absolute Gasteiger partial charge is 0.466 e. The van der Waals surface area contributed by atoms with E-state index in [0.29, 0.717) is 19.4 Å². The van der Waals surface area contributed by atoms with Crippen LogP contribution in [0.5, 0.6) is 0 Å². The first-order chi connectivity index (χ1) is 15.1. The van der Waals surface area contributed by atoms with Crippen LogP contribution in [-0.2, 0) is 19.4 Å². The number of carbonyl (C=O) groups is 2. The summed E-state index contributed by atoms with van der Waals surface area (Å²) in [5, 5.41) is 11.6. The van der Waals surface area contributed by atoms with Crippen LogP contribution in [0.2, 0.25) is 0 Å². The Hall–Kier alpha value is -3.34. The number of benzene rings is 2. The van der Waals surface area contributed by atoms with Crippen LogP contribution in [0.25, 0.3) is 0 Å². The molecule has 0 bridgehead atoms. The molecule has 0 radical (unpaired) electrons. The van der Waals surface area contributed by atoms with E-state index in [9.17, 15) is 32.5 Å². The first kappa shape index (κ1) is 23.3. The minimum Gasteiger partial charge on any atom is -0.466 e. The Kier molecular flexibility index (Phi) is 6.87. The number of likely N-dealkylation sites (tertiary alicyclic amines) is 1. The Morgan fingerprint density at radius 1 is 1.22 bits per heavy atom. The van der Waals surface area contributed by atoms with Crippen LogP contribution in [0.3, 0.4) is 0 Å². The number of hydrogen-bond donors (Lipinski definition) is 0. The summed E-state index contributed by atoms with van der Waals surface area (Å²) in [5.41, 5.74) is -0.835. The van der Waals surface area contributed by atoms with Crippen LogP contribution in [0.15, 0.2) is 52.3 Å². The zero-order valence-corrected chi connectivity index (χ0v) is 18.0. The fourth-order valence-electron chi connectivity index (χ4n) is 3.56. The van der Waals surface area contributed by atoms with Gasteiger partial charge >= 0.3 is 5.97 Å². The molecule has 0 aromatic heterocycles. The summed E-state index contributed by atoms with van der Waals surface area (Å²) < 4.78 is 43.9. The Morgan fingerprint density at radius 3 is 2.53 bits per heavy atom. The number of ether oxygens (including phenoxy) is 1. The quantitative estimate of drug-likeness (QED) is 0.279. The number of nitro benzene ring substituents is 1. The van der Waals surface area contributed by atoms with Crippen LogP contribution >= 0.6 is 0 Å². The number of nitro groups is 1. The van der Waals surface area contributed by atoms with E-state index in [1.54, 1.807) is 6.92 Å². The van der Waals surface area contributed by atoms with Crippen molar-refractivity contribution in [3.05, 3.63) is 64.0 Å². The predicted molar refractivity (Wildman–Crippen MR) is 110 cm³/mol. The van der Waals surface area contributed by atoms with Gasteiger partial charge in [-0.05, 0) is 56.2 Å². The van der Waals surface area contributed by atoms with E-state index in [2.05, 4.69) is 0 Å². The Morgan fingerprint density at radius 2 is 1.91 bits per heavy atom. The fraction of sp³-hybridized carbons (Fsp3) is 0.333. The maximum Gasteiger partial charge on any atom is 0.310 e. The van der Waals surface area contributed by atoms with E-state index in [1.165, 1.54) is 11.0 Å². The highest BCUT2D eigenvalue weighted by molar-refractivity contribution is 7.91. The fourth-order valence-corrected chi connectivity index (χ4v) is 4.96. The van der Waals surface area contributed by atoms with Gasteiger partial charge in [0.1, 0.15) is 10.7 Å². The number of sulfone groups is 1. The number of amides is 1. The summed E-state index contributed by atoms with van der Waals surface area (Å²) in [7, 11) is -4.32. The third-order valence-corrected chi connectivity index (χ3v) is 6.96. The summed E-state index contributed by atoms with van der Waals surface area (Å²) in [4.78, 5) is 36.2. The van der Waals surface area contributed by atoms with Crippen LogP contribution < -0.4 is 0 Å². The van der Waals surface area contributed by atoms with Gasteiger partial charge in [-0.3, -0.25) is 19.7 Å². The summed E-state index contributed by atoms with van der Waals surface area (Å²) in [6.45, 7) is 2.38. The maximum atomic E-state index is 13.1. The number of halogens is 1. The van der Waals surface area contributed by atoms with E-state index in [0.717, 1.165) is 36.4 Å². The Balaban J connectivity index is 1.92. The number of rotatable bonds is 6. The van der Waals surface area contributed by atoms with Crippen LogP contribution in [0.1, 0.15) is 30.1 Å². The van der Waals surface area contributed by atoms with Crippen molar-refractivity contribution in [3.63, 3.8) is 0 Å². The molecule has 1 saturated heterocycles. The average Bonchev–Trinajstić information content (AvgIpc) is 2.78. The van der Waals surface area contributed by atoms with E-state index < -0.39 is 49.0 Å². The number of piperidine rings is 1. The van der Waals surface area contributed by atoms with Gasteiger partial charge in [-0.25, -0.2) is 12.8 Å². The molecule has 1 aliphatic heterocycles. The molecule has 32 heavy (non-hydrogen) atoms. The zero-order chi connectivity index (χ0) is 23.5. The van der Waals surface area contributed by atoms with Gasteiger partial charge < -0.3 is 9.64 Å². The first-order valence-corrected chi connectivity index (χ1v) is 11.4. The maximum absolute atomic E-state index is 13.1. The highest BCUT2D eigenvalue weighted by atomic mass is 32.2. The topological polar surface area (TPSA) is 124 Å². The lowest BCUT2D eigenvalue weighted by atomic mass is 9.97. The summed E-state index contributed by atoms with van der Waals surface area (Å²) >= 11 is 0. The smallest absolute Gasteiger partial charge is 0.310 e. The normalized spacial score (nSPS) is 16.4. The molecule has 170 valence electrons. The minimum absolute atomic E-state index is 0.0701. The van der Waals surface area contributed by atoms with Gasteiger partial charge in [-0.15, -0.1) is 0 Å². The van der Waals surface area contributed by atoms with Crippen molar-refractivity contribution in [2.45, 2.75) is 29.6 Å². The first-order valence-electron chi connectivity index (χ1n) is 9.90. The van der Waals surface area contributed by atoms with E-state index >= 15 is 0 Å². The standard InChI is InChI=1S/C21H21FN2O7S/c1-2-31-21(26)15-4-3-11-23(13-15)20(25)14-5-10-19(18(12-14)24(27)28)32(29,30)17-8-6-16(22)7-9-17/h5-10,12,15H,2-4,11,13H2,1H3. The highest BCUT2D eigenvalue weighted by Crippen LogP contribution is 2.31. The number of nitrogens with zero attached hydrogens (tertiary/aromatic N) is 2. The lowest BCUT2D eigenvalue weighted by Gasteiger charge is -2.31. The second-order valence-electron chi connectivity index (χ2n) is 7.24. The molecule has 1 fully saturated rings. The van der Waals surface area contributed by atoms with Crippen molar-refractivity contribution in [1.82, 2.24) is 4.90 Å². The highest BCUT2D eigenvalue weighted by Gasteiger charge is 2.32. The molecule has 0 spiro atoms. The molecule has 0 N–H and O–H groups in total. The number of hydrogen-bond acceptors (Lipinski definition) is 7. The second kappa shape index (κ2) is 9.43. The minimum atomic E-state index is -4.32. The average molecular weight is 464 g/mol. The van der Waals surface area contributed by atoms with Crippen molar-refractivity contribution in [3.8, 4) is 0 Å². The lowest BCUT2D eigenvalue weighted by molar-refractivity contribution is -0.387. The third kappa shape index (κ3) is 4.77. The van der Waals surface area contributed by atoms with Gasteiger partial charge in [0, 0.05) is 24.7 Å². The monoisotopic (exact) mass is 464 g/mol. The third-order valence-electron chi connectivity index (χ3n) is 5.14.